The Morgan fingerprint density at radius 2 is 1.53 bits per heavy atom. The Morgan fingerprint density at radius 1 is 0.906 bits per heavy atom. The molecule has 32 heavy (non-hydrogen) atoms. The third kappa shape index (κ3) is 3.92. The second-order valence-corrected chi connectivity index (χ2v) is 7.33. The summed E-state index contributed by atoms with van der Waals surface area (Å²) in [6.45, 7) is 4.01. The van der Waals surface area contributed by atoms with Crippen LogP contribution in [0.2, 0.25) is 0 Å². The summed E-state index contributed by atoms with van der Waals surface area (Å²) in [4.78, 5) is 10.7. The third-order valence-electron chi connectivity index (χ3n) is 5.30. The number of benzene rings is 2. The van der Waals surface area contributed by atoms with Crippen LogP contribution in [0.1, 0.15) is 11.3 Å². The zero-order valence-electron chi connectivity index (χ0n) is 18.3. The molecule has 2 aromatic heterocycles. The molecule has 0 radical (unpaired) electrons. The van der Waals surface area contributed by atoms with Gasteiger partial charge in [0.15, 0.2) is 6.67 Å². The number of rotatable bonds is 7. The molecule has 2 aromatic carbocycles. The van der Waals surface area contributed by atoms with Crippen LogP contribution in [0.3, 0.4) is 0 Å². The highest BCUT2D eigenvalue weighted by Crippen LogP contribution is 2.34. The fraction of sp³-hybridized carbons (Fsp3) is 0.217. The highest BCUT2D eigenvalue weighted by atomic mass is 16.6. The van der Waals surface area contributed by atoms with Gasteiger partial charge in [0, 0.05) is 16.7 Å². The van der Waals surface area contributed by atoms with Gasteiger partial charge >= 0.3 is 5.82 Å². The molecule has 0 atom stereocenters. The van der Waals surface area contributed by atoms with Crippen LogP contribution in [0.5, 0.6) is 11.5 Å². The maximum atomic E-state index is 11.2. The molecule has 4 aromatic rings. The number of aromatic nitrogens is 4. The summed E-state index contributed by atoms with van der Waals surface area (Å²) < 4.78 is 14.2. The average molecular weight is 433 g/mol. The fourth-order valence-corrected chi connectivity index (χ4v) is 3.69. The van der Waals surface area contributed by atoms with Crippen LogP contribution in [-0.4, -0.2) is 38.7 Å². The number of nitro groups is 1. The van der Waals surface area contributed by atoms with E-state index < -0.39 is 4.92 Å². The molecule has 0 bridgehead atoms. The third-order valence-corrected chi connectivity index (χ3v) is 5.30. The van der Waals surface area contributed by atoms with E-state index in [9.17, 15) is 10.1 Å². The van der Waals surface area contributed by atoms with Crippen molar-refractivity contribution >= 4 is 5.82 Å². The van der Waals surface area contributed by atoms with E-state index >= 15 is 0 Å². The standard InChI is InChI=1S/C23H23N5O4/c1-15-11-21(28(29)30)24-26(15)14-27-23(18-8-6-10-20(13-18)32-4)16(2)22(25-27)17-7-5-9-19(12-17)31-3/h5-13H,14H2,1-4H3. The molecule has 0 saturated carbocycles. The van der Waals surface area contributed by atoms with Gasteiger partial charge in [-0.25, -0.2) is 4.68 Å². The molecule has 0 aliphatic rings. The van der Waals surface area contributed by atoms with Crippen LogP contribution in [0.15, 0.2) is 54.6 Å². The number of nitrogens with zero attached hydrogens (tertiary/aromatic N) is 5. The van der Waals surface area contributed by atoms with Crippen molar-refractivity contribution in [3.8, 4) is 34.0 Å². The van der Waals surface area contributed by atoms with Gasteiger partial charge in [0.1, 0.15) is 11.5 Å². The summed E-state index contributed by atoms with van der Waals surface area (Å²) in [6.07, 6.45) is 0. The number of hydrogen-bond acceptors (Lipinski definition) is 6. The first-order chi connectivity index (χ1) is 15.4. The molecule has 164 valence electrons. The Hall–Kier alpha value is -4.14. The van der Waals surface area contributed by atoms with Crippen LogP contribution in [0.4, 0.5) is 5.82 Å². The van der Waals surface area contributed by atoms with Gasteiger partial charge in [-0.1, -0.05) is 24.3 Å². The van der Waals surface area contributed by atoms with E-state index in [-0.39, 0.29) is 12.5 Å². The molecule has 9 heteroatoms. The van der Waals surface area contributed by atoms with Crippen molar-refractivity contribution in [2.75, 3.05) is 14.2 Å². The predicted molar refractivity (Wildman–Crippen MR) is 120 cm³/mol. The number of ether oxygens (including phenoxy) is 2. The van der Waals surface area contributed by atoms with Crippen molar-refractivity contribution in [2.45, 2.75) is 20.5 Å². The Balaban J connectivity index is 1.88. The molecular weight excluding hydrogens is 410 g/mol. The Kier molecular flexibility index (Phi) is 5.63. The second-order valence-electron chi connectivity index (χ2n) is 7.33. The van der Waals surface area contributed by atoms with Gasteiger partial charge in [0.2, 0.25) is 0 Å². The summed E-state index contributed by atoms with van der Waals surface area (Å²) in [5, 5.41) is 20.2. The fourth-order valence-electron chi connectivity index (χ4n) is 3.69. The van der Waals surface area contributed by atoms with Crippen molar-refractivity contribution in [3.63, 3.8) is 0 Å². The van der Waals surface area contributed by atoms with Crippen molar-refractivity contribution in [1.82, 2.24) is 19.6 Å². The summed E-state index contributed by atoms with van der Waals surface area (Å²) in [7, 11) is 3.25. The van der Waals surface area contributed by atoms with Gasteiger partial charge in [-0.05, 0) is 43.0 Å². The number of methoxy groups -OCH3 is 2. The second kappa shape index (κ2) is 8.54. The first kappa shape index (κ1) is 21.1. The minimum Gasteiger partial charge on any atom is -0.497 e. The first-order valence-electron chi connectivity index (χ1n) is 9.96. The molecule has 0 fully saturated rings. The van der Waals surface area contributed by atoms with Crippen LogP contribution >= 0.6 is 0 Å². The Bertz CT molecular complexity index is 1290. The van der Waals surface area contributed by atoms with E-state index in [4.69, 9.17) is 14.6 Å². The maximum Gasteiger partial charge on any atom is 0.390 e. The van der Waals surface area contributed by atoms with E-state index in [0.29, 0.717) is 5.69 Å². The lowest BCUT2D eigenvalue weighted by Gasteiger charge is -2.09. The summed E-state index contributed by atoms with van der Waals surface area (Å²) in [5.41, 5.74) is 5.13. The molecule has 0 N–H and O–H groups in total. The zero-order valence-corrected chi connectivity index (χ0v) is 18.3. The van der Waals surface area contributed by atoms with Crippen LogP contribution in [0.25, 0.3) is 22.5 Å². The summed E-state index contributed by atoms with van der Waals surface area (Å²) in [6, 6.07) is 16.9. The molecule has 9 nitrogen and oxygen atoms in total. The molecule has 2 heterocycles. The SMILES string of the molecule is COc1cccc(-c2nn(Cn3nc([N+](=O)[O-])cc3C)c(-c3cccc(OC)c3)c2C)c1. The Labute approximate surface area is 185 Å². The number of hydrogen-bond donors (Lipinski definition) is 0. The van der Waals surface area contributed by atoms with Crippen molar-refractivity contribution < 1.29 is 14.4 Å². The highest BCUT2D eigenvalue weighted by Gasteiger charge is 2.21. The van der Waals surface area contributed by atoms with Gasteiger partial charge in [0.05, 0.1) is 42.5 Å². The largest absolute Gasteiger partial charge is 0.497 e. The van der Waals surface area contributed by atoms with Crippen LogP contribution in [-0.2, 0) is 6.67 Å². The van der Waals surface area contributed by atoms with Gasteiger partial charge in [-0.3, -0.25) is 0 Å². The number of aryl methyl sites for hydroxylation is 1. The van der Waals surface area contributed by atoms with E-state index in [1.165, 1.54) is 6.07 Å². The van der Waals surface area contributed by atoms with Crippen LogP contribution in [0, 0.1) is 24.0 Å². The van der Waals surface area contributed by atoms with Crippen molar-refractivity contribution in [2.24, 2.45) is 0 Å². The quantitative estimate of drug-likeness (QED) is 0.315. The lowest BCUT2D eigenvalue weighted by molar-refractivity contribution is -0.389. The minimum atomic E-state index is -0.498. The van der Waals surface area contributed by atoms with E-state index in [1.54, 1.807) is 25.8 Å². The average Bonchev–Trinajstić information content (AvgIpc) is 3.33. The maximum absolute atomic E-state index is 11.2. The van der Waals surface area contributed by atoms with Crippen molar-refractivity contribution in [3.05, 3.63) is 76.0 Å². The summed E-state index contributed by atoms with van der Waals surface area (Å²) >= 11 is 0. The van der Waals surface area contributed by atoms with E-state index in [2.05, 4.69) is 5.10 Å². The monoisotopic (exact) mass is 433 g/mol. The normalized spacial score (nSPS) is 10.9. The Morgan fingerprint density at radius 3 is 2.12 bits per heavy atom. The molecule has 0 aliphatic heterocycles. The van der Waals surface area contributed by atoms with Gasteiger partial charge in [-0.2, -0.15) is 9.78 Å². The van der Waals surface area contributed by atoms with Gasteiger partial charge in [0.25, 0.3) is 0 Å². The smallest absolute Gasteiger partial charge is 0.390 e. The van der Waals surface area contributed by atoms with Crippen LogP contribution < -0.4 is 9.47 Å². The predicted octanol–water partition coefficient (Wildman–Crippen LogP) is 4.46. The van der Waals surface area contributed by atoms with E-state index in [1.807, 2.05) is 60.1 Å². The molecule has 0 aliphatic carbocycles. The molecule has 0 amide bonds. The van der Waals surface area contributed by atoms with Crippen molar-refractivity contribution in [1.29, 1.82) is 0 Å². The molecule has 0 spiro atoms. The molecule has 0 unspecified atom stereocenters. The lowest BCUT2D eigenvalue weighted by atomic mass is 10.0. The molecular formula is C23H23N5O4. The molecule has 0 saturated heterocycles. The highest BCUT2D eigenvalue weighted by molar-refractivity contribution is 5.75. The topological polar surface area (TPSA) is 97.2 Å². The minimum absolute atomic E-state index is 0.192. The van der Waals surface area contributed by atoms with Gasteiger partial charge < -0.3 is 19.6 Å². The summed E-state index contributed by atoms with van der Waals surface area (Å²) in [5.74, 6) is 1.27. The lowest BCUT2D eigenvalue weighted by Crippen LogP contribution is -2.13. The zero-order chi connectivity index (χ0) is 22.8. The van der Waals surface area contributed by atoms with E-state index in [0.717, 1.165) is 39.6 Å². The first-order valence-corrected chi connectivity index (χ1v) is 9.96. The molecule has 4 rings (SSSR count). The van der Waals surface area contributed by atoms with Gasteiger partial charge in [-0.15, -0.1) is 0 Å².